The van der Waals surface area contributed by atoms with E-state index < -0.39 is 0 Å². The smallest absolute Gasteiger partial charge is 0.285 e. The van der Waals surface area contributed by atoms with E-state index in [9.17, 15) is 4.79 Å². The van der Waals surface area contributed by atoms with Gasteiger partial charge in [0, 0.05) is 18.2 Å². The summed E-state index contributed by atoms with van der Waals surface area (Å²) in [6.07, 6.45) is 6.05. The topological polar surface area (TPSA) is 33.0 Å². The molecule has 0 spiro atoms. The molecular weight excluding hydrogens is 248 g/mol. The minimum atomic E-state index is 0.0636. The first-order valence-electron chi connectivity index (χ1n) is 7.11. The fourth-order valence-electron chi connectivity index (χ4n) is 2.05. The third kappa shape index (κ3) is 4.19. The zero-order valence-electron chi connectivity index (χ0n) is 11.9. The summed E-state index contributed by atoms with van der Waals surface area (Å²) in [5.74, 6) is 0.0636. The molecule has 1 N–H and O–H groups in total. The molecule has 20 heavy (non-hydrogen) atoms. The number of rotatable bonds is 6. The molecular formula is C17H21N2O+. The first kappa shape index (κ1) is 14.3. The molecule has 1 heterocycles. The lowest BCUT2D eigenvalue weighted by atomic mass is 10.1. The van der Waals surface area contributed by atoms with Crippen molar-refractivity contribution < 1.29 is 9.36 Å². The average molecular weight is 269 g/mol. The van der Waals surface area contributed by atoms with Gasteiger partial charge in [-0.3, -0.25) is 4.79 Å². The first-order valence-corrected chi connectivity index (χ1v) is 7.11. The standard InChI is InChI=1S/C17H20N2O/c1-2-3-11-18-17(20)14-19-12-7-10-16(13-19)15-8-5-4-6-9-15/h4-10,12-13H,2-3,11,14H2,1H3/p+1. The van der Waals surface area contributed by atoms with Gasteiger partial charge in [-0.25, -0.2) is 0 Å². The number of pyridine rings is 1. The van der Waals surface area contributed by atoms with Gasteiger partial charge in [0.25, 0.3) is 5.91 Å². The molecule has 0 fully saturated rings. The molecule has 2 rings (SSSR count). The van der Waals surface area contributed by atoms with Crippen molar-refractivity contribution in [2.75, 3.05) is 6.54 Å². The quantitative estimate of drug-likeness (QED) is 0.634. The predicted octanol–water partition coefficient (Wildman–Crippen LogP) is 2.56. The minimum Gasteiger partial charge on any atom is -0.351 e. The number of amides is 1. The van der Waals surface area contributed by atoms with Crippen molar-refractivity contribution in [3.63, 3.8) is 0 Å². The fourth-order valence-corrected chi connectivity index (χ4v) is 2.05. The third-order valence-electron chi connectivity index (χ3n) is 3.14. The highest BCUT2D eigenvalue weighted by atomic mass is 16.1. The van der Waals surface area contributed by atoms with Crippen LogP contribution in [0.2, 0.25) is 0 Å². The van der Waals surface area contributed by atoms with Crippen molar-refractivity contribution in [1.29, 1.82) is 0 Å². The van der Waals surface area contributed by atoms with Crippen LogP contribution in [0.25, 0.3) is 11.1 Å². The van der Waals surface area contributed by atoms with Gasteiger partial charge in [-0.2, -0.15) is 4.57 Å². The maximum atomic E-state index is 11.8. The van der Waals surface area contributed by atoms with Crippen LogP contribution < -0.4 is 9.88 Å². The molecule has 1 aromatic carbocycles. The number of benzene rings is 1. The third-order valence-corrected chi connectivity index (χ3v) is 3.14. The number of hydrogen-bond donors (Lipinski definition) is 1. The molecule has 2 aromatic rings. The van der Waals surface area contributed by atoms with Gasteiger partial charge in [0.05, 0.1) is 0 Å². The molecule has 0 aliphatic rings. The molecule has 0 saturated heterocycles. The minimum absolute atomic E-state index is 0.0636. The Labute approximate surface area is 120 Å². The van der Waals surface area contributed by atoms with Gasteiger partial charge in [-0.15, -0.1) is 0 Å². The van der Waals surface area contributed by atoms with Crippen molar-refractivity contribution >= 4 is 5.91 Å². The van der Waals surface area contributed by atoms with Gasteiger partial charge in [0.1, 0.15) is 0 Å². The van der Waals surface area contributed by atoms with Gasteiger partial charge in [-0.05, 0) is 18.1 Å². The van der Waals surface area contributed by atoms with Crippen molar-refractivity contribution in [2.24, 2.45) is 0 Å². The second kappa shape index (κ2) is 7.43. The van der Waals surface area contributed by atoms with Gasteiger partial charge >= 0.3 is 0 Å². The predicted molar refractivity (Wildman–Crippen MR) is 80.0 cm³/mol. The fraction of sp³-hybridized carbons (Fsp3) is 0.294. The SMILES string of the molecule is CCCCNC(=O)C[n+]1cccc(-c2ccccc2)c1. The summed E-state index contributed by atoms with van der Waals surface area (Å²) in [5.41, 5.74) is 2.28. The molecule has 1 aromatic heterocycles. The Morgan fingerprint density at radius 1 is 1.10 bits per heavy atom. The number of nitrogens with zero attached hydrogens (tertiary/aromatic N) is 1. The van der Waals surface area contributed by atoms with E-state index in [2.05, 4.69) is 30.4 Å². The van der Waals surface area contributed by atoms with E-state index in [1.165, 1.54) is 0 Å². The summed E-state index contributed by atoms with van der Waals surface area (Å²) in [5, 5.41) is 2.93. The highest BCUT2D eigenvalue weighted by Gasteiger charge is 2.09. The van der Waals surface area contributed by atoms with Gasteiger partial charge < -0.3 is 5.32 Å². The van der Waals surface area contributed by atoms with E-state index in [0.717, 1.165) is 30.5 Å². The van der Waals surface area contributed by atoms with Crippen LogP contribution in [-0.2, 0) is 11.3 Å². The molecule has 0 saturated carbocycles. The van der Waals surface area contributed by atoms with E-state index in [4.69, 9.17) is 0 Å². The van der Waals surface area contributed by atoms with Crippen LogP contribution in [0.3, 0.4) is 0 Å². The Bertz CT molecular complexity index is 552. The molecule has 0 aliphatic carbocycles. The Hall–Kier alpha value is -2.16. The van der Waals surface area contributed by atoms with E-state index >= 15 is 0 Å². The largest absolute Gasteiger partial charge is 0.351 e. The first-order chi connectivity index (χ1) is 9.79. The summed E-state index contributed by atoms with van der Waals surface area (Å²) in [6, 6.07) is 14.2. The van der Waals surface area contributed by atoms with Crippen molar-refractivity contribution in [3.05, 3.63) is 54.9 Å². The number of nitrogens with one attached hydrogen (secondary N) is 1. The molecule has 0 aliphatic heterocycles. The molecule has 0 atom stereocenters. The van der Waals surface area contributed by atoms with Gasteiger partial charge in [0.15, 0.2) is 12.4 Å². The van der Waals surface area contributed by atoms with E-state index in [0.29, 0.717) is 6.54 Å². The molecule has 1 amide bonds. The Morgan fingerprint density at radius 2 is 1.85 bits per heavy atom. The Morgan fingerprint density at radius 3 is 2.60 bits per heavy atom. The number of hydrogen-bond acceptors (Lipinski definition) is 1. The van der Waals surface area contributed by atoms with E-state index in [1.807, 2.05) is 41.2 Å². The maximum absolute atomic E-state index is 11.8. The van der Waals surface area contributed by atoms with Gasteiger partial charge in [-0.1, -0.05) is 43.7 Å². The normalized spacial score (nSPS) is 10.2. The van der Waals surface area contributed by atoms with E-state index in [-0.39, 0.29) is 5.91 Å². The molecule has 0 unspecified atom stereocenters. The van der Waals surface area contributed by atoms with E-state index in [1.54, 1.807) is 0 Å². The van der Waals surface area contributed by atoms with Crippen LogP contribution in [-0.4, -0.2) is 12.5 Å². The monoisotopic (exact) mass is 269 g/mol. The Balaban J connectivity index is 2.01. The van der Waals surface area contributed by atoms with Gasteiger partial charge in [0.2, 0.25) is 6.54 Å². The van der Waals surface area contributed by atoms with Crippen LogP contribution in [0.1, 0.15) is 19.8 Å². The number of unbranched alkanes of at least 4 members (excludes halogenated alkanes) is 1. The number of aromatic nitrogens is 1. The zero-order chi connectivity index (χ0) is 14.2. The molecule has 0 bridgehead atoms. The molecule has 3 nitrogen and oxygen atoms in total. The maximum Gasteiger partial charge on any atom is 0.285 e. The summed E-state index contributed by atoms with van der Waals surface area (Å²) in [7, 11) is 0. The second-order valence-corrected chi connectivity index (χ2v) is 4.83. The highest BCUT2D eigenvalue weighted by Crippen LogP contribution is 2.15. The lowest BCUT2D eigenvalue weighted by Gasteiger charge is -2.03. The average Bonchev–Trinajstić information content (AvgIpc) is 2.49. The molecule has 104 valence electrons. The second-order valence-electron chi connectivity index (χ2n) is 4.83. The summed E-state index contributed by atoms with van der Waals surface area (Å²) in [4.78, 5) is 11.8. The van der Waals surface area contributed by atoms with Crippen molar-refractivity contribution in [2.45, 2.75) is 26.3 Å². The molecule has 0 radical (unpaired) electrons. The summed E-state index contributed by atoms with van der Waals surface area (Å²) >= 11 is 0. The van der Waals surface area contributed by atoms with Crippen LogP contribution in [0.5, 0.6) is 0 Å². The zero-order valence-corrected chi connectivity index (χ0v) is 11.9. The lowest BCUT2D eigenvalue weighted by Crippen LogP contribution is -2.42. The lowest BCUT2D eigenvalue weighted by molar-refractivity contribution is -0.684. The number of carbonyl (C=O) groups excluding carboxylic acids is 1. The van der Waals surface area contributed by atoms with Crippen molar-refractivity contribution in [1.82, 2.24) is 5.32 Å². The number of carbonyl (C=O) groups is 1. The van der Waals surface area contributed by atoms with Crippen LogP contribution in [0, 0.1) is 0 Å². The van der Waals surface area contributed by atoms with Crippen LogP contribution in [0.4, 0.5) is 0 Å². The van der Waals surface area contributed by atoms with Crippen LogP contribution in [0.15, 0.2) is 54.9 Å². The van der Waals surface area contributed by atoms with Crippen molar-refractivity contribution in [3.8, 4) is 11.1 Å². The summed E-state index contributed by atoms with van der Waals surface area (Å²) in [6.45, 7) is 3.24. The van der Waals surface area contributed by atoms with Crippen LogP contribution >= 0.6 is 0 Å². The Kier molecular flexibility index (Phi) is 5.30. The highest BCUT2D eigenvalue weighted by molar-refractivity contribution is 5.74. The summed E-state index contributed by atoms with van der Waals surface area (Å²) < 4.78 is 1.92. The molecule has 3 heteroatoms.